The van der Waals surface area contributed by atoms with Crippen molar-refractivity contribution >= 4 is 81.4 Å². The Morgan fingerprint density at radius 3 is 1.38 bits per heavy atom. The zero-order valence-corrected chi connectivity index (χ0v) is 64.3. The lowest BCUT2D eigenvalue weighted by atomic mass is 9.86. The summed E-state index contributed by atoms with van der Waals surface area (Å²) in [7, 11) is -8.91. The number of sulfonamides is 2. The van der Waals surface area contributed by atoms with Crippen LogP contribution in [0.5, 0.6) is 0 Å². The molecule has 4 aromatic heterocycles. The second-order valence-electron chi connectivity index (χ2n) is 32.0. The van der Waals surface area contributed by atoms with Crippen molar-refractivity contribution in [2.45, 2.75) is 231 Å². The van der Waals surface area contributed by atoms with Crippen molar-refractivity contribution in [1.29, 1.82) is 0 Å². The van der Waals surface area contributed by atoms with Gasteiger partial charge in [-0.2, -0.15) is 16.8 Å². The van der Waals surface area contributed by atoms with Gasteiger partial charge in [0.15, 0.2) is 10.1 Å². The van der Waals surface area contributed by atoms with Crippen LogP contribution in [0.4, 0.5) is 25.2 Å². The molecule has 2 saturated heterocycles. The normalized spacial score (nSPS) is 17.3. The summed E-state index contributed by atoms with van der Waals surface area (Å²) in [6, 6.07) is 21.6. The van der Waals surface area contributed by atoms with E-state index in [4.69, 9.17) is 9.72 Å². The van der Waals surface area contributed by atoms with Crippen LogP contribution in [0.1, 0.15) is 237 Å². The number of likely N-dealkylation sites (tertiary alicyclic amines) is 1. The van der Waals surface area contributed by atoms with Crippen LogP contribution in [-0.4, -0.2) is 89.3 Å². The molecular weight excluding hydrogens is 1410 g/mol. The van der Waals surface area contributed by atoms with Crippen LogP contribution in [0.15, 0.2) is 116 Å². The van der Waals surface area contributed by atoms with Gasteiger partial charge in [0.25, 0.3) is 31.9 Å². The number of anilines is 2. The fourth-order valence-electron chi connectivity index (χ4n) is 12.0. The topological polar surface area (TPSA) is 244 Å². The first kappa shape index (κ1) is 77.9. The van der Waals surface area contributed by atoms with Gasteiger partial charge in [-0.3, -0.25) is 19.6 Å². The molecule has 97 heavy (non-hydrogen) atoms. The zero-order chi connectivity index (χ0) is 72.4. The molecule has 6 aromatic rings. The first-order valence-electron chi connectivity index (χ1n) is 32.8. The number of carbonyl (C=O) groups excluding carboxylic acids is 3. The maximum Gasteiger partial charge on any atom is 0.410 e. The monoisotopic (exact) mass is 1500 g/mol. The Morgan fingerprint density at radius 1 is 0.598 bits per heavy atom. The number of hydrogen-bond donors (Lipinski definition) is 5. The second kappa shape index (κ2) is 29.8. The molecule has 6 heterocycles. The minimum absolute atomic E-state index is 0.0752. The van der Waals surface area contributed by atoms with Gasteiger partial charge in [0.05, 0.1) is 34.6 Å². The maximum absolute atomic E-state index is 15.1. The molecule has 0 radical (unpaired) electrons. The number of hydrogen-bond acceptors (Lipinski definition) is 15. The molecule has 0 bridgehead atoms. The molecule has 2 aromatic carbocycles. The minimum Gasteiger partial charge on any atom is -0.444 e. The smallest absolute Gasteiger partial charge is 0.410 e. The molecule has 5 N–H and O–H groups in total. The average molecular weight is 1510 g/mol. The highest BCUT2D eigenvalue weighted by Gasteiger charge is 2.43. The van der Waals surface area contributed by atoms with Crippen molar-refractivity contribution in [3.63, 3.8) is 0 Å². The summed E-state index contributed by atoms with van der Waals surface area (Å²) in [4.78, 5) is 59.0. The van der Waals surface area contributed by atoms with E-state index in [9.17, 15) is 35.6 Å². The van der Waals surface area contributed by atoms with Gasteiger partial charge >= 0.3 is 6.09 Å². The van der Waals surface area contributed by atoms with Crippen LogP contribution < -0.4 is 25.4 Å². The summed E-state index contributed by atoms with van der Waals surface area (Å²) in [5.74, 6) is -2.57. The third kappa shape index (κ3) is 21.0. The van der Waals surface area contributed by atoms with Crippen LogP contribution in [0.2, 0.25) is 0 Å². The Balaban J connectivity index is 0.000000276. The highest BCUT2D eigenvalue weighted by molar-refractivity contribution is 9.10. The van der Waals surface area contributed by atoms with Crippen molar-refractivity contribution < 1.29 is 44.7 Å². The molecule has 0 spiro atoms. The molecule has 4 atom stereocenters. The SMILES string of the molecule is CC(C)(C)OC(=O)N1C[C@@H](CCC(Nc2cccc(S(=O)(=O)NC(=O)c3cc(Br)c(C(C)(C)C)cc3F)n2)c2cc(C(C)(C)C)ccn2)CC1(C)C.CC1(C)C[C@H](CCC(Nc2cccc(S(=O)(=O)NC(=O)c3cc(Br)c(C(C)(C)C)cc3F)n2)c2cc(C(C)(C)C)ccn2)CN1. The third-order valence-corrected chi connectivity index (χ3v) is 21.1. The van der Waals surface area contributed by atoms with Crippen LogP contribution in [0.25, 0.3) is 0 Å². The standard InChI is InChI=1S/C39H53BrFN5O5S.C34H45BrFN5O3S/c1-36(2,3)25-17-18-42-31(19-25)30(16-15-24-22-39(10,11)46(23-24)35(48)51-38(7,8)9)43-32-13-12-14-33(44-32)52(49,50)45-34(47)26-20-28(40)27(21-29(26)41)37(4,5)6;1-32(2,3)22-14-15-37-28(16-22)27(13-12-21-19-34(7,8)38-20-21)39-29-10-9-11-30(40-29)45(43,44)41-31(42)23-17-25(35)24(18-26(23)36)33(4,5)6/h12-14,17-21,24,30H,15-16,22-23H2,1-11H3,(H,43,44)(H,45,47);9-11,14-18,21,27,38H,12-13,19-20H2,1-8H3,(H,39,40)(H,41,42)/t24-,30?;21-,27?/m00/s1. The molecule has 2 fully saturated rings. The van der Waals surface area contributed by atoms with E-state index in [-0.39, 0.29) is 67.8 Å². The zero-order valence-electron chi connectivity index (χ0n) is 59.5. The van der Waals surface area contributed by atoms with E-state index in [0.717, 1.165) is 61.2 Å². The maximum atomic E-state index is 15.1. The quantitative estimate of drug-likeness (QED) is 0.0537. The summed E-state index contributed by atoms with van der Waals surface area (Å²) >= 11 is 6.78. The summed E-state index contributed by atoms with van der Waals surface area (Å²) < 4.78 is 94.1. The lowest BCUT2D eigenvalue weighted by Crippen LogP contribution is -2.45. The Labute approximate surface area is 590 Å². The number of aromatic nitrogens is 4. The van der Waals surface area contributed by atoms with E-state index in [1.807, 2.05) is 104 Å². The molecule has 528 valence electrons. The average Bonchev–Trinajstić information content (AvgIpc) is 1.24. The number of nitrogens with zero attached hydrogens (tertiary/aromatic N) is 5. The number of nitrogens with one attached hydrogen (secondary N) is 5. The third-order valence-electron chi connectivity index (χ3n) is 17.3. The summed E-state index contributed by atoms with van der Waals surface area (Å²) in [6.45, 7) is 39.8. The highest BCUT2D eigenvalue weighted by atomic mass is 79.9. The fraction of sp³-hybridized carbons (Fsp3) is 0.521. The lowest BCUT2D eigenvalue weighted by Gasteiger charge is -2.33. The molecule has 2 aliphatic rings. The van der Waals surface area contributed by atoms with Gasteiger partial charge in [0.1, 0.15) is 28.9 Å². The van der Waals surface area contributed by atoms with E-state index in [2.05, 4.69) is 124 Å². The van der Waals surface area contributed by atoms with Gasteiger partial charge in [0, 0.05) is 39.0 Å². The summed E-state index contributed by atoms with van der Waals surface area (Å²) in [5.41, 5.74) is 2.43. The number of halogens is 4. The number of rotatable bonds is 18. The van der Waals surface area contributed by atoms with E-state index in [0.29, 0.717) is 44.8 Å². The van der Waals surface area contributed by atoms with Crippen molar-refractivity contribution in [2.24, 2.45) is 11.8 Å². The molecule has 24 heteroatoms. The van der Waals surface area contributed by atoms with Crippen LogP contribution in [-0.2, 0) is 46.4 Å². The molecule has 0 aliphatic carbocycles. The van der Waals surface area contributed by atoms with Gasteiger partial charge in [-0.25, -0.2) is 33.0 Å². The second-order valence-corrected chi connectivity index (χ2v) is 37.0. The van der Waals surface area contributed by atoms with Crippen molar-refractivity contribution in [2.75, 3.05) is 23.7 Å². The molecule has 3 amide bonds. The van der Waals surface area contributed by atoms with Gasteiger partial charge in [0.2, 0.25) is 0 Å². The predicted octanol–water partition coefficient (Wildman–Crippen LogP) is 16.5. The largest absolute Gasteiger partial charge is 0.444 e. The van der Waals surface area contributed by atoms with Crippen LogP contribution in [0.3, 0.4) is 0 Å². The van der Waals surface area contributed by atoms with Gasteiger partial charge in [-0.15, -0.1) is 0 Å². The highest BCUT2D eigenvalue weighted by Crippen LogP contribution is 2.40. The van der Waals surface area contributed by atoms with Crippen LogP contribution >= 0.6 is 31.9 Å². The van der Waals surface area contributed by atoms with Gasteiger partial charge < -0.3 is 25.6 Å². The van der Waals surface area contributed by atoms with Gasteiger partial charge in [-0.05, 0) is 222 Å². The Kier molecular flexibility index (Phi) is 23.9. The van der Waals surface area contributed by atoms with E-state index < -0.39 is 65.1 Å². The molecule has 8 rings (SSSR count). The van der Waals surface area contributed by atoms with E-state index >= 15 is 4.39 Å². The van der Waals surface area contributed by atoms with Crippen LogP contribution in [0, 0.1) is 23.5 Å². The molecule has 18 nitrogen and oxygen atoms in total. The molecule has 2 aliphatic heterocycles. The summed E-state index contributed by atoms with van der Waals surface area (Å²) in [5, 5.41) is 9.63. The Hall–Kier alpha value is -6.47. The van der Waals surface area contributed by atoms with Gasteiger partial charge in [-0.1, -0.05) is 127 Å². The Morgan fingerprint density at radius 2 is 1.01 bits per heavy atom. The first-order chi connectivity index (χ1) is 44.5. The molecular formula is C73H98Br2F2N10O8S2. The molecule has 2 unspecified atom stereocenters. The van der Waals surface area contributed by atoms with E-state index in [1.54, 1.807) is 35.5 Å². The number of carbonyl (C=O) groups is 3. The van der Waals surface area contributed by atoms with E-state index in [1.165, 1.54) is 42.5 Å². The summed E-state index contributed by atoms with van der Waals surface area (Å²) in [6.07, 6.45) is 8.15. The Bertz CT molecular complexity index is 4100. The van der Waals surface area contributed by atoms with Crippen molar-refractivity contribution in [3.05, 3.63) is 163 Å². The molecule has 0 saturated carbocycles. The fourth-order valence-corrected chi connectivity index (χ4v) is 15.8. The minimum atomic E-state index is -4.49. The number of ether oxygens (including phenoxy) is 1. The predicted molar refractivity (Wildman–Crippen MR) is 386 cm³/mol. The number of pyridine rings is 4. The number of benzene rings is 2. The lowest BCUT2D eigenvalue weighted by molar-refractivity contribution is 0.0130. The van der Waals surface area contributed by atoms with Crippen molar-refractivity contribution in [3.8, 4) is 0 Å². The number of amides is 3. The van der Waals surface area contributed by atoms with Crippen molar-refractivity contribution in [1.82, 2.24) is 39.6 Å². The first-order valence-corrected chi connectivity index (χ1v) is 37.4.